The third-order valence-corrected chi connectivity index (χ3v) is 2.61. The molecule has 14 heavy (non-hydrogen) atoms. The second-order valence-electron chi connectivity index (χ2n) is 3.38. The quantitative estimate of drug-likeness (QED) is 0.538. The van der Waals surface area contributed by atoms with Gasteiger partial charge in [0.1, 0.15) is 0 Å². The minimum atomic E-state index is -0.131. The predicted molar refractivity (Wildman–Crippen MR) is 57.7 cm³/mol. The Hall–Kier alpha value is -0.840. The van der Waals surface area contributed by atoms with Crippen LogP contribution in [-0.4, -0.2) is 35.7 Å². The van der Waals surface area contributed by atoms with Gasteiger partial charge in [0, 0.05) is 13.1 Å². The second-order valence-corrected chi connectivity index (χ2v) is 3.79. The zero-order valence-electron chi connectivity index (χ0n) is 8.36. The molecular formula is C9H16N2O2S. The van der Waals surface area contributed by atoms with Gasteiger partial charge in [-0.2, -0.15) is 0 Å². The Kier molecular flexibility index (Phi) is 4.13. The van der Waals surface area contributed by atoms with E-state index < -0.39 is 0 Å². The van der Waals surface area contributed by atoms with Gasteiger partial charge in [-0.25, -0.2) is 0 Å². The number of piperidine rings is 1. The smallest absolute Gasteiger partial charge is 0.310 e. The molecule has 1 unspecified atom stereocenters. The van der Waals surface area contributed by atoms with Gasteiger partial charge in [0.2, 0.25) is 0 Å². The molecule has 0 amide bonds. The van der Waals surface area contributed by atoms with E-state index in [1.807, 2.05) is 11.8 Å². The molecular weight excluding hydrogens is 200 g/mol. The number of nitrogens with zero attached hydrogens (tertiary/aromatic N) is 1. The van der Waals surface area contributed by atoms with Crippen LogP contribution in [-0.2, 0) is 9.53 Å². The monoisotopic (exact) mass is 216 g/mol. The molecule has 5 heteroatoms. The van der Waals surface area contributed by atoms with Crippen molar-refractivity contribution in [3.8, 4) is 0 Å². The summed E-state index contributed by atoms with van der Waals surface area (Å²) in [6.45, 7) is 3.70. The molecule has 1 saturated heterocycles. The second kappa shape index (κ2) is 5.14. The number of rotatable bonds is 2. The molecule has 1 aliphatic rings. The Balaban J connectivity index is 2.47. The average Bonchev–Trinajstić information content (AvgIpc) is 2.18. The molecule has 80 valence electrons. The van der Waals surface area contributed by atoms with Crippen molar-refractivity contribution in [2.24, 2.45) is 11.7 Å². The van der Waals surface area contributed by atoms with Crippen LogP contribution < -0.4 is 5.73 Å². The molecule has 0 saturated carbocycles. The molecule has 0 aromatic rings. The molecule has 4 nitrogen and oxygen atoms in total. The molecule has 0 spiro atoms. The van der Waals surface area contributed by atoms with E-state index in [9.17, 15) is 4.79 Å². The number of carbonyl (C=O) groups excluding carboxylic acids is 1. The van der Waals surface area contributed by atoms with Crippen LogP contribution in [0.25, 0.3) is 0 Å². The van der Waals surface area contributed by atoms with Crippen LogP contribution in [0, 0.1) is 5.92 Å². The van der Waals surface area contributed by atoms with Crippen molar-refractivity contribution in [2.45, 2.75) is 19.8 Å². The lowest BCUT2D eigenvalue weighted by Gasteiger charge is -2.31. The highest BCUT2D eigenvalue weighted by Crippen LogP contribution is 2.17. The number of nitrogens with two attached hydrogens (primary N) is 1. The van der Waals surface area contributed by atoms with E-state index in [0.29, 0.717) is 18.3 Å². The maximum atomic E-state index is 11.4. The van der Waals surface area contributed by atoms with Gasteiger partial charge in [-0.3, -0.25) is 4.79 Å². The minimum absolute atomic E-state index is 0.0646. The van der Waals surface area contributed by atoms with Crippen LogP contribution in [0.15, 0.2) is 0 Å². The summed E-state index contributed by atoms with van der Waals surface area (Å²) < 4.78 is 4.96. The average molecular weight is 216 g/mol. The van der Waals surface area contributed by atoms with E-state index in [4.69, 9.17) is 22.7 Å². The molecule has 1 fully saturated rings. The molecule has 0 aromatic heterocycles. The standard InChI is InChI=1S/C9H16N2O2S/c1-2-13-8(12)7-4-3-5-11(6-7)9(10)14/h7H,2-6H2,1H3,(H2,10,14). The minimum Gasteiger partial charge on any atom is -0.466 e. The SMILES string of the molecule is CCOC(=O)C1CCCN(C(N)=S)C1. The van der Waals surface area contributed by atoms with Crippen LogP contribution in [0.3, 0.4) is 0 Å². The normalized spacial score (nSPS) is 21.8. The fraction of sp³-hybridized carbons (Fsp3) is 0.778. The summed E-state index contributed by atoms with van der Waals surface area (Å²) in [5, 5.41) is 0.374. The first-order valence-corrected chi connectivity index (χ1v) is 5.27. The summed E-state index contributed by atoms with van der Waals surface area (Å²) >= 11 is 4.87. The van der Waals surface area contributed by atoms with Gasteiger partial charge in [-0.15, -0.1) is 0 Å². The highest BCUT2D eigenvalue weighted by atomic mass is 32.1. The van der Waals surface area contributed by atoms with Crippen molar-refractivity contribution in [1.82, 2.24) is 4.90 Å². The van der Waals surface area contributed by atoms with Crippen LogP contribution in [0.4, 0.5) is 0 Å². The lowest BCUT2D eigenvalue weighted by atomic mass is 9.99. The summed E-state index contributed by atoms with van der Waals surface area (Å²) in [4.78, 5) is 13.3. The number of hydrogen-bond acceptors (Lipinski definition) is 3. The molecule has 2 N–H and O–H groups in total. The predicted octanol–water partition coefficient (Wildman–Crippen LogP) is 0.505. The molecule has 1 heterocycles. The van der Waals surface area contributed by atoms with Crippen molar-refractivity contribution in [1.29, 1.82) is 0 Å². The van der Waals surface area contributed by atoms with Crippen LogP contribution in [0.5, 0.6) is 0 Å². The Morgan fingerprint density at radius 1 is 1.71 bits per heavy atom. The summed E-state index contributed by atoms with van der Waals surface area (Å²) in [6.07, 6.45) is 1.82. The maximum Gasteiger partial charge on any atom is 0.310 e. The first kappa shape index (κ1) is 11.2. The Bertz CT molecular complexity index is 233. The van der Waals surface area contributed by atoms with Crippen LogP contribution in [0.1, 0.15) is 19.8 Å². The van der Waals surface area contributed by atoms with E-state index in [1.54, 1.807) is 0 Å². The topological polar surface area (TPSA) is 55.6 Å². The molecule has 1 aliphatic heterocycles. The number of likely N-dealkylation sites (tertiary alicyclic amines) is 1. The van der Waals surface area contributed by atoms with E-state index in [0.717, 1.165) is 19.4 Å². The summed E-state index contributed by atoms with van der Waals surface area (Å²) in [7, 11) is 0. The summed E-state index contributed by atoms with van der Waals surface area (Å²) in [6, 6.07) is 0. The highest BCUT2D eigenvalue weighted by molar-refractivity contribution is 7.80. The van der Waals surface area contributed by atoms with Gasteiger partial charge < -0.3 is 15.4 Å². The van der Waals surface area contributed by atoms with E-state index in [2.05, 4.69) is 0 Å². The van der Waals surface area contributed by atoms with Crippen molar-refractivity contribution in [3.05, 3.63) is 0 Å². The summed E-state index contributed by atoms with van der Waals surface area (Å²) in [5.74, 6) is -0.196. The third-order valence-electron chi connectivity index (χ3n) is 2.35. The Morgan fingerprint density at radius 2 is 2.43 bits per heavy atom. The fourth-order valence-corrected chi connectivity index (χ4v) is 1.80. The van der Waals surface area contributed by atoms with Crippen molar-refractivity contribution in [3.63, 3.8) is 0 Å². The molecule has 0 radical (unpaired) electrons. The van der Waals surface area contributed by atoms with Gasteiger partial charge in [0.05, 0.1) is 12.5 Å². The van der Waals surface area contributed by atoms with Crippen molar-refractivity contribution in [2.75, 3.05) is 19.7 Å². The van der Waals surface area contributed by atoms with Crippen LogP contribution >= 0.6 is 12.2 Å². The van der Waals surface area contributed by atoms with Gasteiger partial charge in [0.25, 0.3) is 0 Å². The fourth-order valence-electron chi connectivity index (χ4n) is 1.63. The van der Waals surface area contributed by atoms with E-state index in [-0.39, 0.29) is 11.9 Å². The molecule has 0 aromatic carbocycles. The summed E-state index contributed by atoms with van der Waals surface area (Å²) in [5.41, 5.74) is 5.51. The van der Waals surface area contributed by atoms with Crippen molar-refractivity contribution >= 4 is 23.3 Å². The van der Waals surface area contributed by atoms with Gasteiger partial charge >= 0.3 is 5.97 Å². The Morgan fingerprint density at radius 3 is 3.00 bits per heavy atom. The first-order chi connectivity index (χ1) is 6.65. The number of ether oxygens (including phenoxy) is 1. The van der Waals surface area contributed by atoms with Crippen LogP contribution in [0.2, 0.25) is 0 Å². The molecule has 1 rings (SSSR count). The van der Waals surface area contributed by atoms with E-state index in [1.165, 1.54) is 0 Å². The number of esters is 1. The Labute approximate surface area is 89.4 Å². The molecule has 0 aliphatic carbocycles. The van der Waals surface area contributed by atoms with Gasteiger partial charge in [0.15, 0.2) is 5.11 Å². The lowest BCUT2D eigenvalue weighted by Crippen LogP contribution is -2.45. The number of hydrogen-bond donors (Lipinski definition) is 1. The number of thiocarbonyl (C=S) groups is 1. The molecule has 1 atom stereocenters. The van der Waals surface area contributed by atoms with Gasteiger partial charge in [-0.1, -0.05) is 0 Å². The zero-order chi connectivity index (χ0) is 10.6. The zero-order valence-corrected chi connectivity index (χ0v) is 9.18. The maximum absolute atomic E-state index is 11.4. The molecule has 0 bridgehead atoms. The van der Waals surface area contributed by atoms with Gasteiger partial charge in [-0.05, 0) is 32.0 Å². The van der Waals surface area contributed by atoms with Crippen molar-refractivity contribution < 1.29 is 9.53 Å². The first-order valence-electron chi connectivity index (χ1n) is 4.86. The van der Waals surface area contributed by atoms with E-state index >= 15 is 0 Å². The third kappa shape index (κ3) is 2.83. The number of carbonyl (C=O) groups is 1. The lowest BCUT2D eigenvalue weighted by molar-refractivity contribution is -0.149. The highest BCUT2D eigenvalue weighted by Gasteiger charge is 2.27. The largest absolute Gasteiger partial charge is 0.466 e.